The van der Waals surface area contributed by atoms with Crippen molar-refractivity contribution in [2.75, 3.05) is 6.54 Å². The first kappa shape index (κ1) is 15.3. The predicted octanol–water partition coefficient (Wildman–Crippen LogP) is 3.18. The Morgan fingerprint density at radius 1 is 1.00 bits per heavy atom. The Morgan fingerprint density at radius 3 is 2.41 bits per heavy atom. The lowest BCUT2D eigenvalue weighted by Gasteiger charge is -2.34. The van der Waals surface area contributed by atoms with E-state index in [2.05, 4.69) is 17.6 Å². The minimum atomic E-state index is -3.46. The molecule has 0 amide bonds. The molecule has 0 radical (unpaired) electrons. The Morgan fingerprint density at radius 2 is 1.73 bits per heavy atom. The highest BCUT2D eigenvalue weighted by molar-refractivity contribution is 7.89. The molecule has 5 heteroatoms. The summed E-state index contributed by atoms with van der Waals surface area (Å²) >= 11 is 0. The lowest BCUT2D eigenvalue weighted by atomic mass is 10.1. The smallest absolute Gasteiger partial charge is 0.243 e. The van der Waals surface area contributed by atoms with E-state index in [0.717, 1.165) is 16.8 Å². The molecule has 1 aromatic carbocycles. The van der Waals surface area contributed by atoms with Gasteiger partial charge in [0.05, 0.1) is 10.9 Å². The van der Waals surface area contributed by atoms with Crippen LogP contribution in [0.25, 0.3) is 0 Å². The fraction of sp³-hybridized carbons (Fsp3) is 0.412. The molecule has 0 aliphatic carbocycles. The van der Waals surface area contributed by atoms with Gasteiger partial charge in [-0.3, -0.25) is 0 Å². The van der Waals surface area contributed by atoms with Crippen molar-refractivity contribution in [2.24, 2.45) is 0 Å². The summed E-state index contributed by atoms with van der Waals surface area (Å²) in [5.74, 6) is 0. The molecule has 0 fully saturated rings. The number of fused-ring (bicyclic) bond motifs is 1. The highest BCUT2D eigenvalue weighted by atomic mass is 32.2. The summed E-state index contributed by atoms with van der Waals surface area (Å²) < 4.78 is 29.8. The van der Waals surface area contributed by atoms with Gasteiger partial charge in [-0.1, -0.05) is 6.07 Å². The van der Waals surface area contributed by atoms with Crippen molar-refractivity contribution in [3.8, 4) is 0 Å². The van der Waals surface area contributed by atoms with E-state index in [4.69, 9.17) is 0 Å². The molecule has 1 aliphatic heterocycles. The van der Waals surface area contributed by atoms with Gasteiger partial charge >= 0.3 is 0 Å². The van der Waals surface area contributed by atoms with Crippen molar-refractivity contribution < 1.29 is 8.42 Å². The Hall–Kier alpha value is -1.59. The normalized spacial score (nSPS) is 19.2. The third-order valence-corrected chi connectivity index (χ3v) is 6.69. The van der Waals surface area contributed by atoms with E-state index < -0.39 is 10.0 Å². The predicted molar refractivity (Wildman–Crippen MR) is 87.4 cm³/mol. The molecule has 118 valence electrons. The van der Waals surface area contributed by atoms with Gasteiger partial charge in [-0.15, -0.1) is 0 Å². The van der Waals surface area contributed by atoms with Gasteiger partial charge in [0, 0.05) is 24.5 Å². The molecule has 1 aliphatic rings. The molecular formula is C17H22N2O2S. The van der Waals surface area contributed by atoms with Crippen molar-refractivity contribution in [1.82, 2.24) is 8.87 Å². The largest absolute Gasteiger partial charge is 0.346 e. The summed E-state index contributed by atoms with van der Waals surface area (Å²) in [6.45, 7) is 9.18. The monoisotopic (exact) mass is 318 g/mol. The van der Waals surface area contributed by atoms with Crippen LogP contribution in [0.3, 0.4) is 0 Å². The zero-order chi connectivity index (χ0) is 16.1. The molecule has 2 heterocycles. The molecule has 0 unspecified atom stereocenters. The zero-order valence-electron chi connectivity index (χ0n) is 13.5. The van der Waals surface area contributed by atoms with Gasteiger partial charge in [0.1, 0.15) is 0 Å². The number of rotatable bonds is 2. The molecule has 0 N–H and O–H groups in total. The van der Waals surface area contributed by atoms with Crippen LogP contribution in [0.5, 0.6) is 0 Å². The second kappa shape index (κ2) is 5.25. The molecule has 1 atom stereocenters. The Bertz CT molecular complexity index is 821. The number of hydrogen-bond acceptors (Lipinski definition) is 2. The average Bonchev–Trinajstić information content (AvgIpc) is 2.84. The van der Waals surface area contributed by atoms with Gasteiger partial charge in [-0.05, 0) is 63.1 Å². The van der Waals surface area contributed by atoms with Gasteiger partial charge in [-0.25, -0.2) is 8.42 Å². The minimum absolute atomic E-state index is 0.144. The molecular weight excluding hydrogens is 296 g/mol. The van der Waals surface area contributed by atoms with Crippen molar-refractivity contribution >= 4 is 10.0 Å². The van der Waals surface area contributed by atoms with Crippen molar-refractivity contribution in [3.63, 3.8) is 0 Å². The zero-order valence-corrected chi connectivity index (χ0v) is 14.3. The average molecular weight is 318 g/mol. The maximum absolute atomic E-state index is 13.0. The van der Waals surface area contributed by atoms with E-state index in [-0.39, 0.29) is 6.04 Å². The molecule has 4 nitrogen and oxygen atoms in total. The number of hydrogen-bond donors (Lipinski definition) is 0. The van der Waals surface area contributed by atoms with Gasteiger partial charge < -0.3 is 4.57 Å². The first-order valence-electron chi connectivity index (χ1n) is 7.57. The summed E-state index contributed by atoms with van der Waals surface area (Å²) in [4.78, 5) is 0.388. The number of aryl methyl sites for hydroxylation is 3. The Balaban J connectivity index is 2.01. The lowest BCUT2D eigenvalue weighted by Crippen LogP contribution is -2.41. The highest BCUT2D eigenvalue weighted by Crippen LogP contribution is 2.32. The summed E-state index contributed by atoms with van der Waals surface area (Å²) in [6, 6.07) is 9.30. The van der Waals surface area contributed by atoms with Gasteiger partial charge in [-0.2, -0.15) is 4.31 Å². The van der Waals surface area contributed by atoms with Crippen molar-refractivity contribution in [2.45, 2.75) is 45.2 Å². The number of sulfonamides is 1. The Kier molecular flexibility index (Phi) is 3.65. The van der Waals surface area contributed by atoms with E-state index in [1.807, 2.05) is 32.9 Å². The first-order valence-corrected chi connectivity index (χ1v) is 9.01. The molecule has 0 spiro atoms. The second-order valence-corrected chi connectivity index (χ2v) is 7.98. The summed E-state index contributed by atoms with van der Waals surface area (Å²) in [7, 11) is -3.46. The van der Waals surface area contributed by atoms with Crippen LogP contribution in [-0.2, 0) is 16.6 Å². The minimum Gasteiger partial charge on any atom is -0.346 e. The van der Waals surface area contributed by atoms with Gasteiger partial charge in [0.25, 0.3) is 0 Å². The van der Waals surface area contributed by atoms with Gasteiger partial charge in [0.15, 0.2) is 0 Å². The lowest BCUT2D eigenvalue weighted by molar-refractivity contribution is 0.280. The van der Waals surface area contributed by atoms with Crippen LogP contribution >= 0.6 is 0 Å². The fourth-order valence-corrected chi connectivity index (χ4v) is 4.82. The topological polar surface area (TPSA) is 42.3 Å². The third-order valence-electron chi connectivity index (χ3n) is 4.72. The standard InChI is InChI=1S/C17H22N2O2S/c1-12-5-7-16(11-13(12)2)22(20,21)19-10-9-18-14(3)6-8-17(18)15(19)4/h5-8,11,15H,9-10H2,1-4H3/t15-/m1/s1. The third kappa shape index (κ3) is 2.29. The van der Waals surface area contributed by atoms with E-state index in [0.29, 0.717) is 18.0 Å². The molecule has 1 aromatic heterocycles. The van der Waals surface area contributed by atoms with Crippen LogP contribution in [0.15, 0.2) is 35.2 Å². The van der Waals surface area contributed by atoms with E-state index in [1.165, 1.54) is 5.69 Å². The molecule has 0 saturated heterocycles. The van der Waals surface area contributed by atoms with Crippen LogP contribution in [0.2, 0.25) is 0 Å². The second-order valence-electron chi connectivity index (χ2n) is 6.09. The van der Waals surface area contributed by atoms with E-state index in [9.17, 15) is 8.42 Å². The molecule has 3 rings (SSSR count). The number of benzene rings is 1. The molecule has 0 saturated carbocycles. The summed E-state index contributed by atoms with van der Waals surface area (Å²) in [6.07, 6.45) is 0. The van der Waals surface area contributed by atoms with Crippen LogP contribution in [0.1, 0.15) is 35.5 Å². The Labute approximate surface area is 132 Å². The maximum Gasteiger partial charge on any atom is 0.243 e. The summed E-state index contributed by atoms with van der Waals surface area (Å²) in [5, 5.41) is 0. The van der Waals surface area contributed by atoms with Crippen LogP contribution in [0, 0.1) is 20.8 Å². The van der Waals surface area contributed by atoms with Crippen molar-refractivity contribution in [3.05, 3.63) is 52.8 Å². The van der Waals surface area contributed by atoms with Crippen molar-refractivity contribution in [1.29, 1.82) is 0 Å². The number of nitrogens with zero attached hydrogens (tertiary/aromatic N) is 2. The fourth-order valence-electron chi connectivity index (χ4n) is 3.14. The highest BCUT2D eigenvalue weighted by Gasteiger charge is 2.34. The van der Waals surface area contributed by atoms with E-state index in [1.54, 1.807) is 16.4 Å². The van der Waals surface area contributed by atoms with Gasteiger partial charge in [0.2, 0.25) is 10.0 Å². The number of aromatic nitrogens is 1. The molecule has 2 aromatic rings. The van der Waals surface area contributed by atoms with Crippen LogP contribution in [0.4, 0.5) is 0 Å². The maximum atomic E-state index is 13.0. The quantitative estimate of drug-likeness (QED) is 0.853. The first-order chi connectivity index (χ1) is 10.3. The molecule has 22 heavy (non-hydrogen) atoms. The van der Waals surface area contributed by atoms with Crippen LogP contribution < -0.4 is 0 Å². The summed E-state index contributed by atoms with van der Waals surface area (Å²) in [5.41, 5.74) is 4.36. The van der Waals surface area contributed by atoms with Crippen LogP contribution in [-0.4, -0.2) is 23.8 Å². The SMILES string of the molecule is Cc1ccc(S(=O)(=O)N2CCn3c(C)ccc3[C@H]2C)cc1C. The molecule has 0 bridgehead atoms. The van der Waals surface area contributed by atoms with E-state index >= 15 is 0 Å².